The zero-order chi connectivity index (χ0) is 29.1. The van der Waals surface area contributed by atoms with Gasteiger partial charge in [-0.2, -0.15) is 9.78 Å². The number of amides is 2. The topological polar surface area (TPSA) is 130 Å². The molecule has 0 saturated carbocycles. The molecule has 0 atom stereocenters. The van der Waals surface area contributed by atoms with Gasteiger partial charge >= 0.3 is 12.2 Å². The van der Waals surface area contributed by atoms with Gasteiger partial charge in [-0.15, -0.1) is 0 Å². The maximum absolute atomic E-state index is 13.0. The first kappa shape index (κ1) is 27.8. The number of rotatable bonds is 5. The molecule has 2 amide bonds. The van der Waals surface area contributed by atoms with Gasteiger partial charge in [-0.3, -0.25) is 14.7 Å². The van der Waals surface area contributed by atoms with Gasteiger partial charge in [0.25, 0.3) is 5.91 Å². The van der Waals surface area contributed by atoms with Crippen molar-refractivity contribution < 1.29 is 24.2 Å². The fourth-order valence-electron chi connectivity index (χ4n) is 4.71. The summed E-state index contributed by atoms with van der Waals surface area (Å²) in [5.41, 5.74) is 3.25. The molecule has 0 bridgehead atoms. The Balaban J connectivity index is 1.29. The first-order valence-electron chi connectivity index (χ1n) is 13.3. The highest BCUT2D eigenvalue weighted by atomic mass is 16.6. The molecule has 212 valence electrons. The Kier molecular flexibility index (Phi) is 7.71. The van der Waals surface area contributed by atoms with Crippen molar-refractivity contribution in [2.75, 3.05) is 31.5 Å². The zero-order valence-corrected chi connectivity index (χ0v) is 23.2. The molecule has 2 aromatic heterocycles. The predicted octanol–water partition coefficient (Wildman–Crippen LogP) is 4.93. The number of piperazine rings is 1. The molecule has 0 spiro atoms. The van der Waals surface area contributed by atoms with E-state index in [-0.39, 0.29) is 11.8 Å². The Bertz CT molecular complexity index is 1570. The fraction of sp³-hybridized carbons (Fsp3) is 0.300. The maximum Gasteiger partial charge on any atom is 0.432 e. The molecular weight excluding hydrogens is 524 g/mol. The van der Waals surface area contributed by atoms with E-state index in [4.69, 9.17) is 4.74 Å². The molecule has 11 nitrogen and oxygen atoms in total. The Morgan fingerprint density at radius 1 is 0.927 bits per heavy atom. The molecule has 0 aliphatic carbocycles. The van der Waals surface area contributed by atoms with Gasteiger partial charge in [-0.05, 0) is 61.7 Å². The molecule has 11 heteroatoms. The second-order valence-electron chi connectivity index (χ2n) is 10.9. The number of fused-ring (bicyclic) bond motifs is 1. The zero-order valence-electron chi connectivity index (χ0n) is 23.2. The standard InChI is InChI=1S/C30H32N6O5/c1-30(2,3)41-29(40)35-16-14-34(15-17-35)19-20-4-6-21(7-5-20)22-8-9-25-24(18-22)26(33-36(25)28(38)39)27(37)32-23-10-12-31-13-11-23/h4-13,18H,14-17,19H2,1-3H3,(H,38,39)(H,31,32,37). The Labute approximate surface area is 237 Å². The number of aromatic nitrogens is 3. The molecule has 41 heavy (non-hydrogen) atoms. The van der Waals surface area contributed by atoms with Crippen LogP contribution in [0.5, 0.6) is 0 Å². The summed E-state index contributed by atoms with van der Waals surface area (Å²) in [5.74, 6) is -0.513. The molecule has 3 heterocycles. The van der Waals surface area contributed by atoms with Crippen molar-refractivity contribution in [3.05, 3.63) is 78.2 Å². The quantitative estimate of drug-likeness (QED) is 0.354. The first-order chi connectivity index (χ1) is 19.6. The number of nitrogens with one attached hydrogen (secondary N) is 1. The van der Waals surface area contributed by atoms with Gasteiger partial charge in [0.2, 0.25) is 0 Å². The van der Waals surface area contributed by atoms with Crippen molar-refractivity contribution in [1.82, 2.24) is 24.6 Å². The molecule has 1 aliphatic heterocycles. The Hall–Kier alpha value is -4.77. The summed E-state index contributed by atoms with van der Waals surface area (Å²) in [5, 5.41) is 16.9. The van der Waals surface area contributed by atoms with E-state index >= 15 is 0 Å². The minimum Gasteiger partial charge on any atom is -0.463 e. The molecule has 2 N–H and O–H groups in total. The number of nitrogens with zero attached hydrogens (tertiary/aromatic N) is 5. The van der Waals surface area contributed by atoms with E-state index in [1.54, 1.807) is 41.6 Å². The van der Waals surface area contributed by atoms with E-state index in [2.05, 4.69) is 32.4 Å². The average molecular weight is 557 g/mol. The smallest absolute Gasteiger partial charge is 0.432 e. The summed E-state index contributed by atoms with van der Waals surface area (Å²) in [4.78, 5) is 45.2. The maximum atomic E-state index is 13.0. The van der Waals surface area contributed by atoms with Gasteiger partial charge in [0, 0.05) is 56.2 Å². The average Bonchev–Trinajstić information content (AvgIpc) is 3.33. The van der Waals surface area contributed by atoms with Crippen LogP contribution in [0.15, 0.2) is 67.0 Å². The second kappa shape index (κ2) is 11.4. The number of carbonyl (C=O) groups excluding carboxylic acids is 2. The predicted molar refractivity (Wildman–Crippen MR) is 154 cm³/mol. The van der Waals surface area contributed by atoms with Crippen LogP contribution in [-0.2, 0) is 11.3 Å². The number of hydrogen-bond acceptors (Lipinski definition) is 7. The SMILES string of the molecule is CC(C)(C)OC(=O)N1CCN(Cc2ccc(-c3ccc4c(c3)c(C(=O)Nc3ccncc3)nn4C(=O)O)cc2)CC1. The second-order valence-corrected chi connectivity index (χ2v) is 10.9. The Morgan fingerprint density at radius 2 is 1.59 bits per heavy atom. The van der Waals surface area contributed by atoms with Crippen molar-refractivity contribution in [2.24, 2.45) is 0 Å². The number of hydrogen-bond donors (Lipinski definition) is 2. The van der Waals surface area contributed by atoms with Crippen molar-refractivity contribution in [2.45, 2.75) is 32.9 Å². The van der Waals surface area contributed by atoms with E-state index in [9.17, 15) is 19.5 Å². The number of pyridine rings is 1. The van der Waals surface area contributed by atoms with Crippen LogP contribution in [0.3, 0.4) is 0 Å². The summed E-state index contributed by atoms with van der Waals surface area (Å²) < 4.78 is 6.29. The molecule has 5 rings (SSSR count). The lowest BCUT2D eigenvalue weighted by Gasteiger charge is -2.35. The van der Waals surface area contributed by atoms with Crippen LogP contribution in [0.4, 0.5) is 15.3 Å². The van der Waals surface area contributed by atoms with Crippen LogP contribution in [0.25, 0.3) is 22.0 Å². The molecule has 4 aromatic rings. The number of anilines is 1. The molecule has 0 unspecified atom stereocenters. The van der Waals surface area contributed by atoms with Gasteiger partial charge in [-0.25, -0.2) is 9.59 Å². The molecule has 2 aromatic carbocycles. The van der Waals surface area contributed by atoms with E-state index < -0.39 is 17.6 Å². The number of ether oxygens (including phenoxy) is 1. The summed E-state index contributed by atoms with van der Waals surface area (Å²) in [6, 6.07) is 16.7. The normalized spacial score (nSPS) is 14.2. The summed E-state index contributed by atoms with van der Waals surface area (Å²) in [6.45, 7) is 9.11. The number of carbonyl (C=O) groups is 3. The van der Waals surface area contributed by atoms with Gasteiger partial charge < -0.3 is 20.1 Å². The summed E-state index contributed by atoms with van der Waals surface area (Å²) in [7, 11) is 0. The van der Waals surface area contributed by atoms with Crippen LogP contribution in [0, 0.1) is 0 Å². The first-order valence-corrected chi connectivity index (χ1v) is 13.3. The van der Waals surface area contributed by atoms with Gasteiger partial charge in [-0.1, -0.05) is 30.3 Å². The van der Waals surface area contributed by atoms with Crippen LogP contribution in [0.1, 0.15) is 36.8 Å². The highest BCUT2D eigenvalue weighted by molar-refractivity contribution is 6.12. The van der Waals surface area contributed by atoms with Crippen LogP contribution in [0.2, 0.25) is 0 Å². The van der Waals surface area contributed by atoms with Crippen molar-refractivity contribution >= 4 is 34.7 Å². The number of carboxylic acid groups (broad SMARTS) is 1. The molecular formula is C30H32N6O5. The third-order valence-corrected chi connectivity index (χ3v) is 6.73. The third kappa shape index (κ3) is 6.52. The van der Waals surface area contributed by atoms with Crippen LogP contribution in [-0.4, -0.2) is 79.5 Å². The molecule has 1 aliphatic rings. The van der Waals surface area contributed by atoms with Crippen molar-refractivity contribution in [3.63, 3.8) is 0 Å². The van der Waals surface area contributed by atoms with E-state index in [1.807, 2.05) is 39.0 Å². The fourth-order valence-corrected chi connectivity index (χ4v) is 4.71. The lowest BCUT2D eigenvalue weighted by Crippen LogP contribution is -2.49. The minimum absolute atomic E-state index is 0.0169. The summed E-state index contributed by atoms with van der Waals surface area (Å²) in [6.07, 6.45) is 1.55. The largest absolute Gasteiger partial charge is 0.463 e. The van der Waals surface area contributed by atoms with Gasteiger partial charge in [0.15, 0.2) is 5.69 Å². The minimum atomic E-state index is -1.28. The molecule has 0 radical (unpaired) electrons. The summed E-state index contributed by atoms with van der Waals surface area (Å²) >= 11 is 0. The molecule has 1 fully saturated rings. The third-order valence-electron chi connectivity index (χ3n) is 6.73. The number of benzene rings is 2. The van der Waals surface area contributed by atoms with Gasteiger partial charge in [0.05, 0.1) is 5.52 Å². The monoisotopic (exact) mass is 556 g/mol. The van der Waals surface area contributed by atoms with E-state index in [0.29, 0.717) is 29.7 Å². The van der Waals surface area contributed by atoms with E-state index in [1.165, 1.54) is 0 Å². The molecule has 1 saturated heterocycles. The lowest BCUT2D eigenvalue weighted by atomic mass is 10.0. The highest BCUT2D eigenvalue weighted by Gasteiger charge is 2.26. The highest BCUT2D eigenvalue weighted by Crippen LogP contribution is 2.28. The van der Waals surface area contributed by atoms with E-state index in [0.717, 1.165) is 41.0 Å². The van der Waals surface area contributed by atoms with Crippen molar-refractivity contribution in [3.8, 4) is 11.1 Å². The Morgan fingerprint density at radius 3 is 2.22 bits per heavy atom. The lowest BCUT2D eigenvalue weighted by molar-refractivity contribution is 0.0139. The van der Waals surface area contributed by atoms with Crippen LogP contribution >= 0.6 is 0 Å². The van der Waals surface area contributed by atoms with Gasteiger partial charge in [0.1, 0.15) is 5.60 Å². The van der Waals surface area contributed by atoms with Crippen molar-refractivity contribution in [1.29, 1.82) is 0 Å². The van der Waals surface area contributed by atoms with Crippen LogP contribution < -0.4 is 5.32 Å².